The number of aryl methyl sites for hydroxylation is 1. The fraction of sp³-hybridized carbons (Fsp3) is 0.571. The van der Waals surface area contributed by atoms with Crippen molar-refractivity contribution in [3.05, 3.63) is 34.9 Å². The first-order valence-corrected chi connectivity index (χ1v) is 6.43. The molecule has 1 unspecified atom stereocenters. The second-order valence-electron chi connectivity index (χ2n) is 5.13. The van der Waals surface area contributed by atoms with E-state index in [1.165, 1.54) is 49.0 Å². The van der Waals surface area contributed by atoms with E-state index < -0.39 is 0 Å². The third-order valence-corrected chi connectivity index (χ3v) is 4.10. The molecule has 2 heteroatoms. The molecule has 1 saturated heterocycles. The van der Waals surface area contributed by atoms with Gasteiger partial charge in [0.15, 0.2) is 0 Å². The molecule has 1 aliphatic heterocycles. The van der Waals surface area contributed by atoms with Gasteiger partial charge < -0.3 is 11.1 Å². The molecule has 0 bridgehead atoms. The summed E-state index contributed by atoms with van der Waals surface area (Å²) in [5, 5.41) is 3.42. The maximum absolute atomic E-state index is 6.06. The molecule has 1 heterocycles. The average molecular weight is 216 g/mol. The topological polar surface area (TPSA) is 38.0 Å². The standard InChI is InChI=1S/C14H20N2/c15-14-4-2-12-9-11(1-3-13(12)14)10-5-7-16-8-6-10/h1,3,9-10,14,16H,2,4-8,15H2. The van der Waals surface area contributed by atoms with E-state index in [0.717, 1.165) is 12.3 Å². The Bertz CT molecular complexity index is 380. The zero-order valence-electron chi connectivity index (χ0n) is 9.71. The van der Waals surface area contributed by atoms with Crippen molar-refractivity contribution in [1.29, 1.82) is 0 Å². The van der Waals surface area contributed by atoms with Crippen LogP contribution in [0.2, 0.25) is 0 Å². The third-order valence-electron chi connectivity index (χ3n) is 4.10. The molecule has 2 aliphatic rings. The fourth-order valence-corrected chi connectivity index (χ4v) is 3.08. The van der Waals surface area contributed by atoms with Crippen LogP contribution in [0.1, 0.15) is 47.9 Å². The molecule has 1 atom stereocenters. The molecular formula is C14H20N2. The lowest BCUT2D eigenvalue weighted by Crippen LogP contribution is -2.26. The maximum atomic E-state index is 6.06. The maximum Gasteiger partial charge on any atom is 0.0300 e. The van der Waals surface area contributed by atoms with Crippen LogP contribution in [0, 0.1) is 0 Å². The lowest BCUT2D eigenvalue weighted by Gasteiger charge is -2.23. The first-order valence-electron chi connectivity index (χ1n) is 6.43. The fourth-order valence-electron chi connectivity index (χ4n) is 3.08. The van der Waals surface area contributed by atoms with Crippen LogP contribution in [-0.4, -0.2) is 13.1 Å². The number of hydrogen-bond donors (Lipinski definition) is 2. The van der Waals surface area contributed by atoms with Gasteiger partial charge in [-0.15, -0.1) is 0 Å². The van der Waals surface area contributed by atoms with Crippen molar-refractivity contribution in [3.8, 4) is 0 Å². The van der Waals surface area contributed by atoms with Crippen LogP contribution in [0.15, 0.2) is 18.2 Å². The SMILES string of the molecule is NC1CCc2cc(C3CCNCC3)ccc21. The Kier molecular flexibility index (Phi) is 2.70. The quantitative estimate of drug-likeness (QED) is 0.754. The molecule has 1 aliphatic carbocycles. The molecule has 0 saturated carbocycles. The third kappa shape index (κ3) is 1.76. The Morgan fingerprint density at radius 3 is 2.75 bits per heavy atom. The highest BCUT2D eigenvalue weighted by atomic mass is 14.9. The lowest BCUT2D eigenvalue weighted by molar-refractivity contribution is 0.460. The number of fused-ring (bicyclic) bond motifs is 1. The first-order chi connectivity index (χ1) is 7.84. The monoisotopic (exact) mass is 216 g/mol. The number of hydrogen-bond acceptors (Lipinski definition) is 2. The van der Waals surface area contributed by atoms with Crippen LogP contribution in [0.4, 0.5) is 0 Å². The zero-order valence-corrected chi connectivity index (χ0v) is 9.71. The molecule has 1 aromatic rings. The van der Waals surface area contributed by atoms with Gasteiger partial charge in [0.2, 0.25) is 0 Å². The molecule has 0 amide bonds. The first kappa shape index (κ1) is 10.3. The van der Waals surface area contributed by atoms with Gasteiger partial charge in [0.1, 0.15) is 0 Å². The van der Waals surface area contributed by atoms with E-state index >= 15 is 0 Å². The predicted octanol–water partition coefficient (Wildman–Crippen LogP) is 2.10. The van der Waals surface area contributed by atoms with E-state index in [0.29, 0.717) is 0 Å². The number of nitrogens with one attached hydrogen (secondary N) is 1. The molecule has 0 radical (unpaired) electrons. The van der Waals surface area contributed by atoms with Crippen LogP contribution >= 0.6 is 0 Å². The van der Waals surface area contributed by atoms with Gasteiger partial charge >= 0.3 is 0 Å². The number of nitrogens with two attached hydrogens (primary N) is 1. The summed E-state index contributed by atoms with van der Waals surface area (Å²) in [5.41, 5.74) is 10.5. The van der Waals surface area contributed by atoms with Gasteiger partial charge in [-0.25, -0.2) is 0 Å². The summed E-state index contributed by atoms with van der Waals surface area (Å²) in [6.07, 6.45) is 4.87. The van der Waals surface area contributed by atoms with Gasteiger partial charge in [-0.1, -0.05) is 18.2 Å². The van der Waals surface area contributed by atoms with Crippen molar-refractivity contribution in [3.63, 3.8) is 0 Å². The Morgan fingerprint density at radius 2 is 1.94 bits per heavy atom. The molecule has 1 aromatic carbocycles. The van der Waals surface area contributed by atoms with Crippen molar-refractivity contribution in [2.24, 2.45) is 5.73 Å². The van der Waals surface area contributed by atoms with Gasteiger partial charge in [-0.3, -0.25) is 0 Å². The van der Waals surface area contributed by atoms with Crippen molar-refractivity contribution >= 4 is 0 Å². The molecular weight excluding hydrogens is 196 g/mol. The van der Waals surface area contributed by atoms with Crippen LogP contribution in [0.3, 0.4) is 0 Å². The molecule has 0 spiro atoms. The van der Waals surface area contributed by atoms with Crippen molar-refractivity contribution < 1.29 is 0 Å². The number of piperidine rings is 1. The van der Waals surface area contributed by atoms with E-state index in [4.69, 9.17) is 5.73 Å². The molecule has 3 rings (SSSR count). The summed E-state index contributed by atoms with van der Waals surface area (Å²) in [5.74, 6) is 0.767. The van der Waals surface area contributed by atoms with Gasteiger partial charge in [-0.05, 0) is 61.4 Å². The van der Waals surface area contributed by atoms with E-state index in [1.54, 1.807) is 0 Å². The Hall–Kier alpha value is -0.860. The van der Waals surface area contributed by atoms with E-state index in [-0.39, 0.29) is 6.04 Å². The van der Waals surface area contributed by atoms with Crippen LogP contribution in [0.25, 0.3) is 0 Å². The summed E-state index contributed by atoms with van der Waals surface area (Å²) < 4.78 is 0. The average Bonchev–Trinajstić information content (AvgIpc) is 2.72. The van der Waals surface area contributed by atoms with Crippen molar-refractivity contribution in [2.45, 2.75) is 37.6 Å². The summed E-state index contributed by atoms with van der Waals surface area (Å²) in [6, 6.07) is 7.28. The van der Waals surface area contributed by atoms with E-state index in [1.807, 2.05) is 0 Å². The molecule has 86 valence electrons. The summed E-state index contributed by atoms with van der Waals surface area (Å²) in [4.78, 5) is 0. The molecule has 0 aromatic heterocycles. The van der Waals surface area contributed by atoms with Gasteiger partial charge in [0, 0.05) is 6.04 Å². The number of rotatable bonds is 1. The van der Waals surface area contributed by atoms with Crippen LogP contribution in [0.5, 0.6) is 0 Å². The highest BCUT2D eigenvalue weighted by Gasteiger charge is 2.21. The lowest BCUT2D eigenvalue weighted by atomic mass is 9.88. The Morgan fingerprint density at radius 1 is 1.12 bits per heavy atom. The second-order valence-corrected chi connectivity index (χ2v) is 5.13. The van der Waals surface area contributed by atoms with Gasteiger partial charge in [-0.2, -0.15) is 0 Å². The van der Waals surface area contributed by atoms with Crippen molar-refractivity contribution in [2.75, 3.05) is 13.1 Å². The largest absolute Gasteiger partial charge is 0.324 e. The predicted molar refractivity (Wildman–Crippen MR) is 66.5 cm³/mol. The summed E-state index contributed by atoms with van der Waals surface area (Å²) in [7, 11) is 0. The minimum atomic E-state index is 0.289. The van der Waals surface area contributed by atoms with Crippen LogP contribution < -0.4 is 11.1 Å². The minimum absolute atomic E-state index is 0.289. The minimum Gasteiger partial charge on any atom is -0.324 e. The zero-order chi connectivity index (χ0) is 11.0. The highest BCUT2D eigenvalue weighted by Crippen LogP contribution is 2.33. The van der Waals surface area contributed by atoms with Gasteiger partial charge in [0.25, 0.3) is 0 Å². The smallest absolute Gasteiger partial charge is 0.0300 e. The summed E-state index contributed by atoms with van der Waals surface area (Å²) >= 11 is 0. The molecule has 1 fully saturated rings. The van der Waals surface area contributed by atoms with Crippen LogP contribution in [-0.2, 0) is 6.42 Å². The Balaban J connectivity index is 1.86. The summed E-state index contributed by atoms with van der Waals surface area (Å²) in [6.45, 7) is 2.34. The highest BCUT2D eigenvalue weighted by molar-refractivity contribution is 5.39. The Labute approximate surface area is 97.2 Å². The normalized spacial score (nSPS) is 25.7. The number of benzene rings is 1. The molecule has 3 N–H and O–H groups in total. The van der Waals surface area contributed by atoms with Crippen molar-refractivity contribution in [1.82, 2.24) is 5.32 Å². The van der Waals surface area contributed by atoms with E-state index in [2.05, 4.69) is 23.5 Å². The van der Waals surface area contributed by atoms with E-state index in [9.17, 15) is 0 Å². The molecule has 16 heavy (non-hydrogen) atoms. The van der Waals surface area contributed by atoms with Gasteiger partial charge in [0.05, 0.1) is 0 Å². The second kappa shape index (κ2) is 4.19. The molecule has 2 nitrogen and oxygen atoms in total.